The molecule has 0 aromatic heterocycles. The van der Waals surface area contributed by atoms with E-state index in [0.29, 0.717) is 11.1 Å². The van der Waals surface area contributed by atoms with Crippen LogP contribution in [0.2, 0.25) is 0 Å². The van der Waals surface area contributed by atoms with Crippen molar-refractivity contribution in [2.24, 2.45) is 5.73 Å². The highest BCUT2D eigenvalue weighted by Crippen LogP contribution is 2.20. The Morgan fingerprint density at radius 1 is 1.11 bits per heavy atom. The van der Waals surface area contributed by atoms with E-state index in [2.05, 4.69) is 5.48 Å². The molecule has 5 heteroatoms. The summed E-state index contributed by atoms with van der Waals surface area (Å²) in [5.74, 6) is -0.818. The Balaban J connectivity index is 1.89. The minimum atomic E-state index is -0.510. The van der Waals surface area contributed by atoms with E-state index in [9.17, 15) is 9.59 Å². The number of benzene rings is 1. The summed E-state index contributed by atoms with van der Waals surface area (Å²) in [7, 11) is 0. The number of rotatable bonds is 4. The molecule has 1 aliphatic rings. The predicted octanol–water partition coefficient (Wildman–Crippen LogP) is 1.39. The average molecular weight is 248 g/mol. The van der Waals surface area contributed by atoms with Gasteiger partial charge in [0.15, 0.2) is 0 Å². The summed E-state index contributed by atoms with van der Waals surface area (Å²) in [5.41, 5.74) is 8.37. The number of carbonyl (C=O) groups is 2. The van der Waals surface area contributed by atoms with Gasteiger partial charge in [0.05, 0.1) is 6.10 Å². The lowest BCUT2D eigenvalue weighted by Crippen LogP contribution is -2.28. The minimum absolute atomic E-state index is 0.124. The third-order valence-electron chi connectivity index (χ3n) is 3.05. The third-order valence-corrected chi connectivity index (χ3v) is 3.05. The van der Waals surface area contributed by atoms with Gasteiger partial charge in [-0.3, -0.25) is 14.4 Å². The number of hydrogen-bond acceptors (Lipinski definition) is 3. The zero-order valence-electron chi connectivity index (χ0n) is 10.0. The molecule has 0 saturated heterocycles. The van der Waals surface area contributed by atoms with Gasteiger partial charge < -0.3 is 5.73 Å². The Bertz CT molecular complexity index is 436. The maximum Gasteiger partial charge on any atom is 0.274 e. The lowest BCUT2D eigenvalue weighted by atomic mass is 10.1. The minimum Gasteiger partial charge on any atom is -0.366 e. The molecule has 0 radical (unpaired) electrons. The van der Waals surface area contributed by atoms with Crippen LogP contribution < -0.4 is 11.2 Å². The molecule has 2 amide bonds. The summed E-state index contributed by atoms with van der Waals surface area (Å²) in [6.07, 6.45) is 4.39. The van der Waals surface area contributed by atoms with Crippen LogP contribution in [-0.2, 0) is 4.84 Å². The quantitative estimate of drug-likeness (QED) is 0.790. The molecule has 1 aromatic rings. The Hall–Kier alpha value is -1.88. The van der Waals surface area contributed by atoms with Gasteiger partial charge in [-0.1, -0.05) is 12.8 Å². The molecule has 0 aliphatic heterocycles. The molecule has 0 atom stereocenters. The Kier molecular flexibility index (Phi) is 3.94. The van der Waals surface area contributed by atoms with E-state index in [-0.39, 0.29) is 12.0 Å². The van der Waals surface area contributed by atoms with Crippen molar-refractivity contribution < 1.29 is 14.4 Å². The first-order valence-electron chi connectivity index (χ1n) is 6.02. The van der Waals surface area contributed by atoms with Crippen LogP contribution in [0.4, 0.5) is 0 Å². The number of carbonyl (C=O) groups excluding carboxylic acids is 2. The second kappa shape index (κ2) is 5.64. The van der Waals surface area contributed by atoms with Gasteiger partial charge in [-0.05, 0) is 37.1 Å². The molecule has 2 rings (SSSR count). The molecule has 1 aromatic carbocycles. The van der Waals surface area contributed by atoms with Crippen LogP contribution in [0.15, 0.2) is 24.3 Å². The normalized spacial score (nSPS) is 15.6. The van der Waals surface area contributed by atoms with Gasteiger partial charge in [-0.2, -0.15) is 0 Å². The highest BCUT2D eigenvalue weighted by molar-refractivity contribution is 5.96. The first-order chi connectivity index (χ1) is 8.66. The van der Waals surface area contributed by atoms with E-state index in [1.54, 1.807) is 12.1 Å². The maximum atomic E-state index is 11.7. The van der Waals surface area contributed by atoms with E-state index >= 15 is 0 Å². The topological polar surface area (TPSA) is 81.4 Å². The van der Waals surface area contributed by atoms with Crippen LogP contribution >= 0.6 is 0 Å². The summed E-state index contributed by atoms with van der Waals surface area (Å²) in [5, 5.41) is 0. The predicted molar refractivity (Wildman–Crippen MR) is 65.8 cm³/mol. The number of amides is 2. The number of primary amides is 1. The van der Waals surface area contributed by atoms with Crippen LogP contribution in [-0.4, -0.2) is 17.9 Å². The van der Waals surface area contributed by atoms with Crippen LogP contribution in [0.5, 0.6) is 0 Å². The van der Waals surface area contributed by atoms with Crippen molar-refractivity contribution in [1.29, 1.82) is 0 Å². The Labute approximate surface area is 105 Å². The second-order valence-electron chi connectivity index (χ2n) is 4.40. The fourth-order valence-electron chi connectivity index (χ4n) is 1.99. The van der Waals surface area contributed by atoms with Crippen molar-refractivity contribution >= 4 is 11.8 Å². The highest BCUT2D eigenvalue weighted by atomic mass is 16.7. The van der Waals surface area contributed by atoms with Crippen molar-refractivity contribution in [2.45, 2.75) is 31.8 Å². The van der Waals surface area contributed by atoms with Gasteiger partial charge in [0.1, 0.15) is 0 Å². The Morgan fingerprint density at radius 2 is 1.67 bits per heavy atom. The molecule has 1 fully saturated rings. The van der Waals surface area contributed by atoms with Gasteiger partial charge in [0, 0.05) is 11.1 Å². The summed E-state index contributed by atoms with van der Waals surface area (Å²) < 4.78 is 0. The number of hydrogen-bond donors (Lipinski definition) is 2. The van der Waals surface area contributed by atoms with Crippen molar-refractivity contribution in [1.82, 2.24) is 5.48 Å². The van der Waals surface area contributed by atoms with Crippen molar-refractivity contribution in [3.05, 3.63) is 35.4 Å². The van der Waals surface area contributed by atoms with Crippen molar-refractivity contribution in [3.8, 4) is 0 Å². The zero-order chi connectivity index (χ0) is 13.0. The summed E-state index contributed by atoms with van der Waals surface area (Å²) in [6, 6.07) is 6.14. The third kappa shape index (κ3) is 3.07. The highest BCUT2D eigenvalue weighted by Gasteiger charge is 2.17. The van der Waals surface area contributed by atoms with Gasteiger partial charge in [-0.25, -0.2) is 5.48 Å². The van der Waals surface area contributed by atoms with E-state index in [1.807, 2.05) is 0 Å². The van der Waals surface area contributed by atoms with E-state index in [0.717, 1.165) is 25.7 Å². The molecule has 18 heavy (non-hydrogen) atoms. The first-order valence-corrected chi connectivity index (χ1v) is 6.02. The second-order valence-corrected chi connectivity index (χ2v) is 4.40. The molecule has 3 N–H and O–H groups in total. The summed E-state index contributed by atoms with van der Waals surface area (Å²) in [4.78, 5) is 27.9. The summed E-state index contributed by atoms with van der Waals surface area (Å²) in [6.45, 7) is 0. The molecule has 0 heterocycles. The number of hydroxylamine groups is 1. The van der Waals surface area contributed by atoms with Crippen LogP contribution in [0.3, 0.4) is 0 Å². The monoisotopic (exact) mass is 248 g/mol. The van der Waals surface area contributed by atoms with Crippen molar-refractivity contribution in [3.63, 3.8) is 0 Å². The molecule has 0 unspecified atom stereocenters. The largest absolute Gasteiger partial charge is 0.366 e. The Morgan fingerprint density at radius 3 is 2.22 bits per heavy atom. The van der Waals surface area contributed by atoms with Gasteiger partial charge in [-0.15, -0.1) is 0 Å². The van der Waals surface area contributed by atoms with Gasteiger partial charge in [0.2, 0.25) is 5.91 Å². The average Bonchev–Trinajstić information content (AvgIpc) is 2.89. The SMILES string of the molecule is NC(=O)c1ccc(C(=O)NOC2CCCC2)cc1. The lowest BCUT2D eigenvalue weighted by molar-refractivity contribution is -0.0124. The molecular weight excluding hydrogens is 232 g/mol. The zero-order valence-corrected chi connectivity index (χ0v) is 10.0. The summed E-state index contributed by atoms with van der Waals surface area (Å²) >= 11 is 0. The number of nitrogens with two attached hydrogens (primary N) is 1. The van der Waals surface area contributed by atoms with Crippen LogP contribution in [0.25, 0.3) is 0 Å². The van der Waals surface area contributed by atoms with Crippen LogP contribution in [0.1, 0.15) is 46.4 Å². The first kappa shape index (κ1) is 12.6. The molecule has 1 saturated carbocycles. The fourth-order valence-corrected chi connectivity index (χ4v) is 1.99. The standard InChI is InChI=1S/C13H16N2O3/c14-12(16)9-5-7-10(8-6-9)13(17)15-18-11-3-1-2-4-11/h5-8,11H,1-4H2,(H2,14,16)(H,15,17). The molecule has 0 spiro atoms. The van der Waals surface area contributed by atoms with Crippen molar-refractivity contribution in [2.75, 3.05) is 0 Å². The molecule has 1 aliphatic carbocycles. The van der Waals surface area contributed by atoms with E-state index in [1.165, 1.54) is 12.1 Å². The van der Waals surface area contributed by atoms with E-state index in [4.69, 9.17) is 10.6 Å². The van der Waals surface area contributed by atoms with Gasteiger partial charge in [0.25, 0.3) is 5.91 Å². The molecule has 96 valence electrons. The molecular formula is C13H16N2O3. The van der Waals surface area contributed by atoms with Gasteiger partial charge >= 0.3 is 0 Å². The fraction of sp³-hybridized carbons (Fsp3) is 0.385. The van der Waals surface area contributed by atoms with E-state index < -0.39 is 5.91 Å². The van der Waals surface area contributed by atoms with Crippen LogP contribution in [0, 0.1) is 0 Å². The molecule has 5 nitrogen and oxygen atoms in total. The number of nitrogens with one attached hydrogen (secondary N) is 1. The maximum absolute atomic E-state index is 11.7. The lowest BCUT2D eigenvalue weighted by Gasteiger charge is -2.11. The molecule has 0 bridgehead atoms. The smallest absolute Gasteiger partial charge is 0.274 e.